The standard InChI is InChI=1S/C21H22N2O2S/c1-14(2)25-18-12-8-6-10-16(18)13-19-20(24)23(4)21(26-19)22-17-11-7-5-9-15(17)3/h5-14H,1-4H3/b19-13+,22-21?. The van der Waals surface area contributed by atoms with Crippen molar-refractivity contribution in [3.05, 3.63) is 64.6 Å². The molecule has 0 atom stereocenters. The molecule has 1 saturated heterocycles. The number of para-hydroxylation sites is 2. The monoisotopic (exact) mass is 366 g/mol. The molecule has 0 aliphatic carbocycles. The van der Waals surface area contributed by atoms with Crippen LogP contribution in [0, 0.1) is 6.92 Å². The summed E-state index contributed by atoms with van der Waals surface area (Å²) in [6, 6.07) is 15.6. The summed E-state index contributed by atoms with van der Waals surface area (Å²) in [6.07, 6.45) is 1.95. The van der Waals surface area contributed by atoms with Crippen molar-refractivity contribution in [2.24, 2.45) is 4.99 Å². The van der Waals surface area contributed by atoms with Gasteiger partial charge in [-0.3, -0.25) is 9.69 Å². The van der Waals surface area contributed by atoms with E-state index in [9.17, 15) is 4.79 Å². The number of carbonyl (C=O) groups excluding carboxylic acids is 1. The maximum Gasteiger partial charge on any atom is 0.266 e. The van der Waals surface area contributed by atoms with Crippen LogP contribution < -0.4 is 4.74 Å². The number of carbonyl (C=O) groups is 1. The Morgan fingerprint density at radius 1 is 1.12 bits per heavy atom. The number of amides is 1. The second-order valence-electron chi connectivity index (χ2n) is 6.36. The molecule has 0 radical (unpaired) electrons. The van der Waals surface area contributed by atoms with E-state index in [1.54, 1.807) is 11.9 Å². The first kappa shape index (κ1) is 18.3. The Hall–Kier alpha value is -2.53. The number of aliphatic imine (C=N–C) groups is 1. The molecular formula is C21H22N2O2S. The van der Waals surface area contributed by atoms with Crippen LogP contribution in [0.3, 0.4) is 0 Å². The van der Waals surface area contributed by atoms with Crippen LogP contribution in [0.15, 0.2) is 58.4 Å². The summed E-state index contributed by atoms with van der Waals surface area (Å²) in [7, 11) is 1.75. The van der Waals surface area contributed by atoms with Crippen LogP contribution in [0.1, 0.15) is 25.0 Å². The summed E-state index contributed by atoms with van der Waals surface area (Å²) in [6.45, 7) is 5.98. The van der Waals surface area contributed by atoms with Crippen LogP contribution >= 0.6 is 11.8 Å². The number of thioether (sulfide) groups is 1. The van der Waals surface area contributed by atoms with Crippen molar-refractivity contribution < 1.29 is 9.53 Å². The molecule has 1 aliphatic heterocycles. The van der Waals surface area contributed by atoms with Crippen LogP contribution in [0.4, 0.5) is 5.69 Å². The highest BCUT2D eigenvalue weighted by Crippen LogP contribution is 2.35. The summed E-state index contributed by atoms with van der Waals surface area (Å²) in [4.78, 5) is 19.5. The summed E-state index contributed by atoms with van der Waals surface area (Å²) in [5.74, 6) is 0.719. The van der Waals surface area contributed by atoms with Gasteiger partial charge in [0.2, 0.25) is 0 Å². The minimum Gasteiger partial charge on any atom is -0.490 e. The molecule has 134 valence electrons. The van der Waals surface area contributed by atoms with Gasteiger partial charge < -0.3 is 4.74 Å². The van der Waals surface area contributed by atoms with Crippen LogP contribution in [-0.4, -0.2) is 29.1 Å². The molecule has 4 nitrogen and oxygen atoms in total. The van der Waals surface area contributed by atoms with Crippen molar-refractivity contribution in [3.63, 3.8) is 0 Å². The molecule has 0 spiro atoms. The fraction of sp³-hybridized carbons (Fsp3) is 0.238. The van der Waals surface area contributed by atoms with E-state index in [1.165, 1.54) is 11.8 Å². The third-order valence-corrected chi connectivity index (χ3v) is 4.96. The van der Waals surface area contributed by atoms with Gasteiger partial charge in [0, 0.05) is 12.6 Å². The van der Waals surface area contributed by atoms with Gasteiger partial charge in [0.05, 0.1) is 16.7 Å². The predicted molar refractivity (Wildman–Crippen MR) is 109 cm³/mol. The molecule has 3 rings (SSSR count). The topological polar surface area (TPSA) is 41.9 Å². The van der Waals surface area contributed by atoms with Gasteiger partial charge in [-0.05, 0) is 56.3 Å². The number of hydrogen-bond donors (Lipinski definition) is 0. The number of aryl methyl sites for hydroxylation is 1. The van der Waals surface area contributed by atoms with Crippen LogP contribution in [0.25, 0.3) is 6.08 Å². The fourth-order valence-electron chi connectivity index (χ4n) is 2.55. The lowest BCUT2D eigenvalue weighted by Crippen LogP contribution is -2.23. The second-order valence-corrected chi connectivity index (χ2v) is 7.37. The molecule has 0 N–H and O–H groups in total. The Bertz CT molecular complexity index is 887. The number of nitrogens with zero attached hydrogens (tertiary/aromatic N) is 2. The molecule has 1 heterocycles. The summed E-state index contributed by atoms with van der Waals surface area (Å²) < 4.78 is 5.85. The molecule has 26 heavy (non-hydrogen) atoms. The largest absolute Gasteiger partial charge is 0.490 e. The first-order chi connectivity index (χ1) is 12.5. The van der Waals surface area contributed by atoms with E-state index in [2.05, 4.69) is 4.99 Å². The number of rotatable bonds is 4. The lowest BCUT2D eigenvalue weighted by atomic mass is 10.2. The third-order valence-electron chi connectivity index (χ3n) is 3.90. The molecule has 0 unspecified atom stereocenters. The lowest BCUT2D eigenvalue weighted by Gasteiger charge is -2.12. The summed E-state index contributed by atoms with van der Waals surface area (Å²) in [5, 5.41) is 0.679. The minimum atomic E-state index is -0.0540. The van der Waals surface area contributed by atoms with Gasteiger partial charge in [-0.1, -0.05) is 36.4 Å². The van der Waals surface area contributed by atoms with Gasteiger partial charge in [-0.2, -0.15) is 0 Å². The SMILES string of the molecule is Cc1ccccc1N=C1S/C(=C/c2ccccc2OC(C)C)C(=O)N1C. The van der Waals surface area contributed by atoms with Gasteiger partial charge in [0.15, 0.2) is 5.17 Å². The van der Waals surface area contributed by atoms with Crippen LogP contribution in [-0.2, 0) is 4.79 Å². The Kier molecular flexibility index (Phi) is 5.47. The normalized spacial score (nSPS) is 17.6. The van der Waals surface area contributed by atoms with E-state index in [4.69, 9.17) is 4.74 Å². The van der Waals surface area contributed by atoms with E-state index < -0.39 is 0 Å². The Morgan fingerprint density at radius 2 is 1.81 bits per heavy atom. The molecule has 1 aliphatic rings. The van der Waals surface area contributed by atoms with Crippen molar-refractivity contribution in [1.82, 2.24) is 4.90 Å². The average Bonchev–Trinajstić information content (AvgIpc) is 2.86. The number of amidine groups is 1. The third kappa shape index (κ3) is 3.99. The van der Waals surface area contributed by atoms with Crippen molar-refractivity contribution >= 4 is 34.6 Å². The zero-order valence-electron chi connectivity index (χ0n) is 15.4. The predicted octanol–water partition coefficient (Wildman–Crippen LogP) is 5.02. The highest BCUT2D eigenvalue weighted by Gasteiger charge is 2.30. The van der Waals surface area contributed by atoms with Crippen LogP contribution in [0.2, 0.25) is 0 Å². The molecule has 1 fully saturated rings. The Labute approximate surface area is 158 Å². The molecule has 0 saturated carbocycles. The fourth-order valence-corrected chi connectivity index (χ4v) is 3.52. The van der Waals surface area contributed by atoms with Gasteiger partial charge in [-0.25, -0.2) is 4.99 Å². The number of likely N-dealkylation sites (N-methyl/N-ethyl adjacent to an activating group) is 1. The summed E-state index contributed by atoms with van der Waals surface area (Å²) in [5.41, 5.74) is 2.84. The smallest absolute Gasteiger partial charge is 0.266 e. The zero-order chi connectivity index (χ0) is 18.7. The lowest BCUT2D eigenvalue weighted by molar-refractivity contribution is -0.121. The average molecular weight is 366 g/mol. The van der Waals surface area contributed by atoms with Crippen molar-refractivity contribution in [2.45, 2.75) is 26.9 Å². The number of benzene rings is 2. The molecule has 1 amide bonds. The van der Waals surface area contributed by atoms with Crippen LogP contribution in [0.5, 0.6) is 5.75 Å². The quantitative estimate of drug-likeness (QED) is 0.714. The molecule has 0 bridgehead atoms. The van der Waals surface area contributed by atoms with E-state index in [0.29, 0.717) is 10.1 Å². The molecule has 2 aromatic rings. The molecule has 5 heteroatoms. The summed E-state index contributed by atoms with van der Waals surface area (Å²) >= 11 is 1.38. The Morgan fingerprint density at radius 3 is 2.54 bits per heavy atom. The second kappa shape index (κ2) is 7.79. The maximum absolute atomic E-state index is 12.6. The Balaban J connectivity index is 1.93. The number of ether oxygens (including phenoxy) is 1. The van der Waals surface area contributed by atoms with E-state index >= 15 is 0 Å². The van der Waals surface area contributed by atoms with E-state index in [0.717, 1.165) is 22.6 Å². The zero-order valence-corrected chi connectivity index (χ0v) is 16.2. The highest BCUT2D eigenvalue weighted by atomic mass is 32.2. The minimum absolute atomic E-state index is 0.0540. The molecule has 0 aromatic heterocycles. The molecular weight excluding hydrogens is 344 g/mol. The maximum atomic E-state index is 12.6. The van der Waals surface area contributed by atoms with Gasteiger partial charge in [0.1, 0.15) is 5.75 Å². The van der Waals surface area contributed by atoms with Gasteiger partial charge in [-0.15, -0.1) is 0 Å². The van der Waals surface area contributed by atoms with Gasteiger partial charge >= 0.3 is 0 Å². The van der Waals surface area contributed by atoms with E-state index in [1.807, 2.05) is 75.4 Å². The van der Waals surface area contributed by atoms with E-state index in [-0.39, 0.29) is 12.0 Å². The first-order valence-electron chi connectivity index (χ1n) is 8.53. The first-order valence-corrected chi connectivity index (χ1v) is 9.35. The van der Waals surface area contributed by atoms with Crippen molar-refractivity contribution in [2.75, 3.05) is 7.05 Å². The van der Waals surface area contributed by atoms with Crippen molar-refractivity contribution in [3.8, 4) is 5.75 Å². The van der Waals surface area contributed by atoms with Gasteiger partial charge in [0.25, 0.3) is 5.91 Å². The molecule has 2 aromatic carbocycles. The van der Waals surface area contributed by atoms with Crippen molar-refractivity contribution in [1.29, 1.82) is 0 Å². The highest BCUT2D eigenvalue weighted by molar-refractivity contribution is 8.18. The number of hydrogen-bond acceptors (Lipinski definition) is 4.